The van der Waals surface area contributed by atoms with Gasteiger partial charge >= 0.3 is 11.9 Å². The zero-order valence-corrected chi connectivity index (χ0v) is 15.2. The summed E-state index contributed by atoms with van der Waals surface area (Å²) in [5.41, 5.74) is 10.4. The monoisotopic (exact) mass is 405 g/mol. The standard InChI is InChI=1S/C15H27N5O8/c16-4-2-1-3-8(15(27)28)19-13(25)9(5-12(23)24)20-14(26)10(7-21)18-11(22)6-17/h8-10,21H,1-7,16-17H2,(H,18,22)(H,19,25)(H,20,26)(H,23,24)(H,27,28). The molecule has 0 aromatic rings. The number of aliphatic hydroxyl groups is 1. The first-order valence-electron chi connectivity index (χ1n) is 8.51. The van der Waals surface area contributed by atoms with Gasteiger partial charge in [0.2, 0.25) is 17.7 Å². The molecule has 0 rings (SSSR count). The maximum atomic E-state index is 12.3. The third-order valence-corrected chi connectivity index (χ3v) is 3.59. The van der Waals surface area contributed by atoms with Crippen LogP contribution in [0, 0.1) is 0 Å². The molecular weight excluding hydrogens is 378 g/mol. The molecule has 0 spiro atoms. The van der Waals surface area contributed by atoms with Gasteiger partial charge in [0.25, 0.3) is 0 Å². The van der Waals surface area contributed by atoms with Gasteiger partial charge in [-0.3, -0.25) is 19.2 Å². The van der Waals surface area contributed by atoms with Crippen molar-refractivity contribution in [2.24, 2.45) is 11.5 Å². The van der Waals surface area contributed by atoms with Gasteiger partial charge in [0.05, 0.1) is 19.6 Å². The highest BCUT2D eigenvalue weighted by molar-refractivity contribution is 5.95. The van der Waals surface area contributed by atoms with Crippen LogP contribution in [0.1, 0.15) is 25.7 Å². The number of unbranched alkanes of at least 4 members (excludes halogenated alkanes) is 1. The maximum absolute atomic E-state index is 12.3. The van der Waals surface area contributed by atoms with Gasteiger partial charge in [-0.25, -0.2) is 4.79 Å². The number of carbonyl (C=O) groups is 5. The van der Waals surface area contributed by atoms with E-state index in [0.29, 0.717) is 19.4 Å². The molecule has 0 aromatic heterocycles. The normalized spacial score (nSPS) is 13.7. The van der Waals surface area contributed by atoms with Gasteiger partial charge in [-0.05, 0) is 25.8 Å². The molecule has 0 aliphatic carbocycles. The molecule has 0 fully saturated rings. The van der Waals surface area contributed by atoms with Gasteiger partial charge in [0.1, 0.15) is 18.1 Å². The number of hydrogen-bond acceptors (Lipinski definition) is 8. The summed E-state index contributed by atoms with van der Waals surface area (Å²) in [6.07, 6.45) is 0.183. The number of amides is 3. The van der Waals surface area contributed by atoms with E-state index in [4.69, 9.17) is 16.6 Å². The van der Waals surface area contributed by atoms with Gasteiger partial charge in [0.15, 0.2) is 0 Å². The summed E-state index contributed by atoms with van der Waals surface area (Å²) < 4.78 is 0. The van der Waals surface area contributed by atoms with E-state index in [-0.39, 0.29) is 6.42 Å². The number of nitrogens with one attached hydrogen (secondary N) is 3. The quantitative estimate of drug-likeness (QED) is 0.131. The number of nitrogens with two attached hydrogens (primary N) is 2. The number of aliphatic hydroxyl groups excluding tert-OH is 1. The molecule has 10 N–H and O–H groups in total. The fourth-order valence-electron chi connectivity index (χ4n) is 2.13. The smallest absolute Gasteiger partial charge is 0.326 e. The van der Waals surface area contributed by atoms with Crippen LogP contribution in [-0.4, -0.2) is 82.8 Å². The summed E-state index contributed by atoms with van der Waals surface area (Å²) in [7, 11) is 0. The molecule has 0 bridgehead atoms. The van der Waals surface area contributed by atoms with Crippen LogP contribution in [0.3, 0.4) is 0 Å². The minimum absolute atomic E-state index is 0.0673. The Hall–Kier alpha value is -2.77. The van der Waals surface area contributed by atoms with E-state index in [1.165, 1.54) is 0 Å². The van der Waals surface area contributed by atoms with Gasteiger partial charge in [-0.15, -0.1) is 0 Å². The molecule has 0 radical (unpaired) electrons. The predicted molar refractivity (Wildman–Crippen MR) is 94.7 cm³/mol. The number of carbonyl (C=O) groups excluding carboxylic acids is 3. The van der Waals surface area contributed by atoms with Crippen molar-refractivity contribution in [3.63, 3.8) is 0 Å². The molecule has 13 nitrogen and oxygen atoms in total. The number of hydrogen-bond donors (Lipinski definition) is 8. The van der Waals surface area contributed by atoms with E-state index < -0.39 is 67.4 Å². The lowest BCUT2D eigenvalue weighted by Crippen LogP contribution is -2.57. The minimum Gasteiger partial charge on any atom is -0.481 e. The third kappa shape index (κ3) is 9.80. The van der Waals surface area contributed by atoms with E-state index in [0.717, 1.165) is 0 Å². The summed E-state index contributed by atoms with van der Waals surface area (Å²) in [6, 6.07) is -4.37. The molecule has 0 saturated carbocycles. The number of carboxylic acids is 2. The molecule has 28 heavy (non-hydrogen) atoms. The van der Waals surface area contributed by atoms with Crippen LogP contribution in [0.5, 0.6) is 0 Å². The molecular formula is C15H27N5O8. The first kappa shape index (κ1) is 25.2. The van der Waals surface area contributed by atoms with E-state index in [1.54, 1.807) is 0 Å². The van der Waals surface area contributed by atoms with Crippen molar-refractivity contribution < 1.29 is 39.3 Å². The van der Waals surface area contributed by atoms with E-state index in [1.807, 2.05) is 0 Å². The second kappa shape index (κ2) is 13.4. The highest BCUT2D eigenvalue weighted by Gasteiger charge is 2.30. The fourth-order valence-corrected chi connectivity index (χ4v) is 2.13. The summed E-state index contributed by atoms with van der Waals surface area (Å²) in [5, 5.41) is 33.7. The molecule has 3 atom stereocenters. The lowest BCUT2D eigenvalue weighted by molar-refractivity contribution is -0.143. The van der Waals surface area contributed by atoms with Gasteiger partial charge in [0, 0.05) is 0 Å². The van der Waals surface area contributed by atoms with E-state index in [2.05, 4.69) is 16.0 Å². The average molecular weight is 405 g/mol. The van der Waals surface area contributed by atoms with Gasteiger partial charge < -0.3 is 42.7 Å². The van der Waals surface area contributed by atoms with Crippen molar-refractivity contribution in [1.82, 2.24) is 16.0 Å². The van der Waals surface area contributed by atoms with E-state index >= 15 is 0 Å². The molecule has 0 saturated heterocycles. The minimum atomic E-state index is -1.62. The van der Waals surface area contributed by atoms with Crippen LogP contribution in [-0.2, 0) is 24.0 Å². The Morgan fingerprint density at radius 3 is 1.86 bits per heavy atom. The highest BCUT2D eigenvalue weighted by atomic mass is 16.4. The van der Waals surface area contributed by atoms with Crippen molar-refractivity contribution in [2.45, 2.75) is 43.8 Å². The van der Waals surface area contributed by atoms with Crippen LogP contribution >= 0.6 is 0 Å². The largest absolute Gasteiger partial charge is 0.481 e. The Bertz CT molecular complexity index is 571. The maximum Gasteiger partial charge on any atom is 0.326 e. The summed E-state index contributed by atoms with van der Waals surface area (Å²) in [5.74, 6) is -5.56. The molecule has 0 aromatic carbocycles. The summed E-state index contributed by atoms with van der Waals surface area (Å²) in [6.45, 7) is -0.934. The fraction of sp³-hybridized carbons (Fsp3) is 0.667. The topological polar surface area (TPSA) is 234 Å². The molecule has 3 unspecified atom stereocenters. The molecule has 0 heterocycles. The van der Waals surface area contributed by atoms with Crippen LogP contribution < -0.4 is 27.4 Å². The lowest BCUT2D eigenvalue weighted by atomic mass is 10.1. The number of carboxylic acid groups (broad SMARTS) is 2. The Labute approximate surface area is 160 Å². The van der Waals surface area contributed by atoms with Crippen molar-refractivity contribution in [3.8, 4) is 0 Å². The zero-order chi connectivity index (χ0) is 21.7. The third-order valence-electron chi connectivity index (χ3n) is 3.59. The Kier molecular flexibility index (Phi) is 12.1. The summed E-state index contributed by atoms with van der Waals surface area (Å²) in [4.78, 5) is 57.9. The first-order valence-corrected chi connectivity index (χ1v) is 8.51. The Balaban J connectivity index is 5.13. The predicted octanol–water partition coefficient (Wildman–Crippen LogP) is -3.92. The summed E-state index contributed by atoms with van der Waals surface area (Å²) >= 11 is 0. The molecule has 3 amide bonds. The van der Waals surface area contributed by atoms with Crippen LogP contribution in [0.25, 0.3) is 0 Å². The van der Waals surface area contributed by atoms with Crippen LogP contribution in [0.2, 0.25) is 0 Å². The first-order chi connectivity index (χ1) is 13.2. The molecule has 160 valence electrons. The number of rotatable bonds is 14. The highest BCUT2D eigenvalue weighted by Crippen LogP contribution is 2.03. The molecule has 0 aliphatic heterocycles. The average Bonchev–Trinajstić information content (AvgIpc) is 2.63. The van der Waals surface area contributed by atoms with Crippen molar-refractivity contribution in [1.29, 1.82) is 0 Å². The lowest BCUT2D eigenvalue weighted by Gasteiger charge is -2.23. The number of aliphatic carboxylic acids is 2. The molecule has 0 aliphatic rings. The Morgan fingerprint density at radius 1 is 0.821 bits per heavy atom. The van der Waals surface area contributed by atoms with Crippen LogP contribution in [0.15, 0.2) is 0 Å². The second-order valence-electron chi connectivity index (χ2n) is 5.85. The van der Waals surface area contributed by atoms with Crippen LogP contribution in [0.4, 0.5) is 0 Å². The van der Waals surface area contributed by atoms with E-state index in [9.17, 15) is 34.2 Å². The van der Waals surface area contributed by atoms with Crippen molar-refractivity contribution in [3.05, 3.63) is 0 Å². The second-order valence-corrected chi connectivity index (χ2v) is 5.85. The Morgan fingerprint density at radius 2 is 1.39 bits per heavy atom. The SMILES string of the molecule is NCCCCC(NC(=O)C(CC(=O)O)NC(=O)C(CO)NC(=O)CN)C(=O)O. The zero-order valence-electron chi connectivity index (χ0n) is 15.2. The van der Waals surface area contributed by atoms with Crippen molar-refractivity contribution >= 4 is 29.7 Å². The molecule has 13 heteroatoms. The van der Waals surface area contributed by atoms with Gasteiger partial charge in [-0.1, -0.05) is 0 Å². The van der Waals surface area contributed by atoms with Crippen molar-refractivity contribution in [2.75, 3.05) is 19.7 Å². The van der Waals surface area contributed by atoms with Gasteiger partial charge in [-0.2, -0.15) is 0 Å².